The van der Waals surface area contributed by atoms with Crippen LogP contribution in [0.1, 0.15) is 24.8 Å². The molecule has 1 aromatic rings. The zero-order valence-corrected chi connectivity index (χ0v) is 11.4. The predicted octanol–water partition coefficient (Wildman–Crippen LogP) is 1.62. The molecule has 19 heavy (non-hydrogen) atoms. The topological polar surface area (TPSA) is 64.3 Å². The molecule has 2 rings (SSSR count). The first-order valence-corrected chi connectivity index (χ1v) is 6.80. The van der Waals surface area contributed by atoms with Crippen LogP contribution >= 0.6 is 0 Å². The molecule has 0 aromatic heterocycles. The number of benzene rings is 1. The number of ether oxygens (including phenoxy) is 1. The lowest BCUT2D eigenvalue weighted by Gasteiger charge is -2.13. The Morgan fingerprint density at radius 1 is 1.47 bits per heavy atom. The Kier molecular flexibility index (Phi) is 4.43. The maximum absolute atomic E-state index is 11.7. The third-order valence-electron chi connectivity index (χ3n) is 3.64. The van der Waals surface area contributed by atoms with E-state index >= 15 is 0 Å². The van der Waals surface area contributed by atoms with Gasteiger partial charge in [0, 0.05) is 6.54 Å². The van der Waals surface area contributed by atoms with Gasteiger partial charge in [0.1, 0.15) is 5.75 Å². The van der Waals surface area contributed by atoms with Crippen LogP contribution in [0, 0.1) is 12.3 Å². The van der Waals surface area contributed by atoms with E-state index in [4.69, 9.17) is 10.5 Å². The van der Waals surface area contributed by atoms with Crippen molar-refractivity contribution in [1.29, 1.82) is 0 Å². The van der Waals surface area contributed by atoms with E-state index in [9.17, 15) is 4.79 Å². The van der Waals surface area contributed by atoms with E-state index in [1.165, 1.54) is 0 Å². The molecule has 0 heterocycles. The van der Waals surface area contributed by atoms with Gasteiger partial charge in [-0.05, 0) is 49.4 Å². The van der Waals surface area contributed by atoms with Crippen molar-refractivity contribution in [2.24, 2.45) is 11.1 Å². The largest absolute Gasteiger partial charge is 0.493 e. The molecule has 1 aliphatic rings. The van der Waals surface area contributed by atoms with Crippen molar-refractivity contribution in [1.82, 2.24) is 5.32 Å². The van der Waals surface area contributed by atoms with Crippen LogP contribution in [-0.2, 0) is 4.79 Å². The fourth-order valence-corrected chi connectivity index (χ4v) is 1.97. The number of nitrogens with one attached hydrogen (secondary N) is 1. The molecular formula is C15H22N2O2. The number of rotatable bonds is 7. The summed E-state index contributed by atoms with van der Waals surface area (Å²) < 4.78 is 5.55. The molecule has 3 N–H and O–H groups in total. The summed E-state index contributed by atoms with van der Waals surface area (Å²) in [7, 11) is 0. The molecule has 4 nitrogen and oxygen atoms in total. The van der Waals surface area contributed by atoms with E-state index in [-0.39, 0.29) is 11.3 Å². The van der Waals surface area contributed by atoms with Crippen LogP contribution in [0.25, 0.3) is 0 Å². The number of carbonyl (C=O) groups excluding carboxylic acids is 1. The number of hydrogen-bond acceptors (Lipinski definition) is 3. The van der Waals surface area contributed by atoms with E-state index in [0.717, 1.165) is 24.2 Å². The van der Waals surface area contributed by atoms with Gasteiger partial charge in [-0.15, -0.1) is 0 Å². The van der Waals surface area contributed by atoms with Gasteiger partial charge < -0.3 is 15.8 Å². The Balaban J connectivity index is 1.64. The molecule has 0 bridgehead atoms. The highest BCUT2D eigenvalue weighted by atomic mass is 16.5. The molecule has 0 saturated heterocycles. The van der Waals surface area contributed by atoms with E-state index < -0.39 is 0 Å². The van der Waals surface area contributed by atoms with Gasteiger partial charge in [0.05, 0.1) is 13.0 Å². The maximum atomic E-state index is 11.7. The van der Waals surface area contributed by atoms with Gasteiger partial charge in [-0.2, -0.15) is 0 Å². The standard InChI is InChI=1S/C15H22N2O2/c1-12-3-2-4-13(9-12)19-8-5-14(18)17-11-15(10-16)6-7-15/h2-4,9H,5-8,10-11,16H2,1H3,(H,17,18). The Morgan fingerprint density at radius 3 is 2.89 bits per heavy atom. The summed E-state index contributed by atoms with van der Waals surface area (Å²) in [6.45, 7) is 3.78. The third kappa shape index (κ3) is 4.24. The van der Waals surface area contributed by atoms with Crippen LogP contribution in [0.15, 0.2) is 24.3 Å². The van der Waals surface area contributed by atoms with E-state index in [0.29, 0.717) is 26.1 Å². The van der Waals surface area contributed by atoms with Gasteiger partial charge in [-0.25, -0.2) is 0 Å². The highest BCUT2D eigenvalue weighted by Crippen LogP contribution is 2.43. The molecular weight excluding hydrogens is 240 g/mol. The molecule has 104 valence electrons. The number of amides is 1. The quantitative estimate of drug-likeness (QED) is 0.785. The van der Waals surface area contributed by atoms with Gasteiger partial charge in [0.15, 0.2) is 0 Å². The van der Waals surface area contributed by atoms with E-state index in [1.54, 1.807) is 0 Å². The van der Waals surface area contributed by atoms with Crippen molar-refractivity contribution in [3.8, 4) is 5.75 Å². The minimum Gasteiger partial charge on any atom is -0.493 e. The first-order valence-electron chi connectivity index (χ1n) is 6.80. The molecule has 1 aromatic carbocycles. The highest BCUT2D eigenvalue weighted by Gasteiger charge is 2.41. The smallest absolute Gasteiger partial charge is 0.223 e. The molecule has 1 fully saturated rings. The van der Waals surface area contributed by atoms with Crippen molar-refractivity contribution in [3.05, 3.63) is 29.8 Å². The Hall–Kier alpha value is -1.55. The minimum absolute atomic E-state index is 0.0346. The molecule has 0 unspecified atom stereocenters. The van der Waals surface area contributed by atoms with Crippen molar-refractivity contribution in [3.63, 3.8) is 0 Å². The van der Waals surface area contributed by atoms with Crippen molar-refractivity contribution in [2.45, 2.75) is 26.2 Å². The van der Waals surface area contributed by atoms with Gasteiger partial charge in [0.25, 0.3) is 0 Å². The van der Waals surface area contributed by atoms with Crippen LogP contribution in [0.5, 0.6) is 5.75 Å². The highest BCUT2D eigenvalue weighted by molar-refractivity contribution is 5.76. The summed E-state index contributed by atoms with van der Waals surface area (Å²) in [6.07, 6.45) is 2.64. The third-order valence-corrected chi connectivity index (χ3v) is 3.64. The van der Waals surface area contributed by atoms with Crippen LogP contribution in [-0.4, -0.2) is 25.6 Å². The average Bonchev–Trinajstić information content (AvgIpc) is 3.17. The molecule has 0 atom stereocenters. The summed E-state index contributed by atoms with van der Waals surface area (Å²) in [5.74, 6) is 0.848. The average molecular weight is 262 g/mol. The zero-order valence-electron chi connectivity index (χ0n) is 11.4. The fourth-order valence-electron chi connectivity index (χ4n) is 1.97. The summed E-state index contributed by atoms with van der Waals surface area (Å²) >= 11 is 0. The van der Waals surface area contributed by atoms with Gasteiger partial charge in [-0.3, -0.25) is 4.79 Å². The SMILES string of the molecule is Cc1cccc(OCCC(=O)NCC2(CN)CC2)c1. The van der Waals surface area contributed by atoms with Crippen molar-refractivity contribution >= 4 is 5.91 Å². The normalized spacial score (nSPS) is 15.9. The lowest BCUT2D eigenvalue weighted by atomic mass is 10.1. The molecule has 1 aliphatic carbocycles. The van der Waals surface area contributed by atoms with Crippen molar-refractivity contribution in [2.75, 3.05) is 19.7 Å². The summed E-state index contributed by atoms with van der Waals surface area (Å²) in [6, 6.07) is 7.83. The summed E-state index contributed by atoms with van der Waals surface area (Å²) in [5, 5.41) is 2.94. The summed E-state index contributed by atoms with van der Waals surface area (Å²) in [5.41, 5.74) is 7.01. The molecule has 1 saturated carbocycles. The fraction of sp³-hybridized carbons (Fsp3) is 0.533. The van der Waals surface area contributed by atoms with Gasteiger partial charge in [0.2, 0.25) is 5.91 Å². The molecule has 0 spiro atoms. The van der Waals surface area contributed by atoms with E-state index in [2.05, 4.69) is 5.32 Å². The van der Waals surface area contributed by atoms with Gasteiger partial charge >= 0.3 is 0 Å². The lowest BCUT2D eigenvalue weighted by molar-refractivity contribution is -0.121. The number of nitrogens with two attached hydrogens (primary N) is 1. The molecule has 1 amide bonds. The van der Waals surface area contributed by atoms with E-state index in [1.807, 2.05) is 31.2 Å². The van der Waals surface area contributed by atoms with Crippen LogP contribution < -0.4 is 15.8 Å². The lowest BCUT2D eigenvalue weighted by Crippen LogP contribution is -2.34. The molecule has 0 aliphatic heterocycles. The Labute approximate surface area is 114 Å². The Morgan fingerprint density at radius 2 is 2.26 bits per heavy atom. The molecule has 0 radical (unpaired) electrons. The van der Waals surface area contributed by atoms with Crippen LogP contribution in [0.4, 0.5) is 0 Å². The Bertz CT molecular complexity index is 442. The molecule has 4 heteroatoms. The number of hydrogen-bond donors (Lipinski definition) is 2. The zero-order chi connectivity index (χ0) is 13.7. The second-order valence-corrected chi connectivity index (χ2v) is 5.40. The number of aryl methyl sites for hydroxylation is 1. The first kappa shape index (κ1) is 13.9. The second-order valence-electron chi connectivity index (χ2n) is 5.40. The van der Waals surface area contributed by atoms with Crippen LogP contribution in [0.3, 0.4) is 0 Å². The second kappa shape index (κ2) is 6.06. The predicted molar refractivity (Wildman–Crippen MR) is 75.0 cm³/mol. The van der Waals surface area contributed by atoms with Crippen molar-refractivity contribution < 1.29 is 9.53 Å². The monoisotopic (exact) mass is 262 g/mol. The summed E-state index contributed by atoms with van der Waals surface area (Å²) in [4.78, 5) is 11.7. The number of carbonyl (C=O) groups is 1. The minimum atomic E-state index is 0.0346. The first-order chi connectivity index (χ1) is 9.13. The van der Waals surface area contributed by atoms with Crippen LogP contribution in [0.2, 0.25) is 0 Å². The maximum Gasteiger partial charge on any atom is 0.223 e. The van der Waals surface area contributed by atoms with Gasteiger partial charge in [-0.1, -0.05) is 12.1 Å².